The molecule has 0 fully saturated rings. The lowest BCUT2D eigenvalue weighted by molar-refractivity contribution is 0.554. The summed E-state index contributed by atoms with van der Waals surface area (Å²) in [5.74, 6) is 0. The van der Waals surface area contributed by atoms with Crippen molar-refractivity contribution in [3.63, 3.8) is 0 Å². The van der Waals surface area contributed by atoms with Crippen molar-refractivity contribution in [1.82, 2.24) is 0 Å². The van der Waals surface area contributed by atoms with Crippen LogP contribution in [0.1, 0.15) is 19.4 Å². The van der Waals surface area contributed by atoms with E-state index in [4.69, 9.17) is 5.73 Å². The highest BCUT2D eigenvalue weighted by atomic mass is 15.1. The van der Waals surface area contributed by atoms with E-state index in [0.717, 1.165) is 5.56 Å². The van der Waals surface area contributed by atoms with Crippen LogP contribution in [0.25, 0.3) is 0 Å². The Bertz CT molecular complexity index is 267. The van der Waals surface area contributed by atoms with E-state index < -0.39 is 0 Å². The number of anilines is 1. The van der Waals surface area contributed by atoms with Gasteiger partial charge in [0.05, 0.1) is 0 Å². The van der Waals surface area contributed by atoms with E-state index in [1.54, 1.807) is 0 Å². The van der Waals surface area contributed by atoms with Gasteiger partial charge in [0.25, 0.3) is 0 Å². The fourth-order valence-electron chi connectivity index (χ4n) is 1.19. The Kier molecular flexibility index (Phi) is 2.62. The second-order valence-corrected chi connectivity index (χ2v) is 4.16. The van der Waals surface area contributed by atoms with Crippen LogP contribution in [0, 0.1) is 0 Å². The van der Waals surface area contributed by atoms with Gasteiger partial charge in [-0.2, -0.15) is 0 Å². The van der Waals surface area contributed by atoms with Crippen molar-refractivity contribution in [3.8, 4) is 0 Å². The van der Waals surface area contributed by atoms with Crippen molar-refractivity contribution in [3.05, 3.63) is 29.8 Å². The molecule has 0 aliphatic rings. The molecule has 1 aromatic rings. The molecule has 2 nitrogen and oxygen atoms in total. The number of hydrogen-bond acceptors (Lipinski definition) is 2. The zero-order chi connectivity index (χ0) is 10.1. The molecule has 0 aliphatic carbocycles. The highest BCUT2D eigenvalue weighted by Crippen LogP contribution is 2.19. The first kappa shape index (κ1) is 10.1. The van der Waals surface area contributed by atoms with E-state index in [1.165, 1.54) is 5.69 Å². The van der Waals surface area contributed by atoms with Crippen LogP contribution in [0.5, 0.6) is 0 Å². The Morgan fingerprint density at radius 3 is 1.85 bits per heavy atom. The summed E-state index contributed by atoms with van der Waals surface area (Å²) in [5, 5.41) is 0. The summed E-state index contributed by atoms with van der Waals surface area (Å²) in [4.78, 5) is 2.08. The monoisotopic (exact) mass is 178 g/mol. The molecular formula is C11H18N2. The molecule has 0 heterocycles. The molecule has 0 unspecified atom stereocenters. The molecule has 0 spiro atoms. The van der Waals surface area contributed by atoms with Crippen LogP contribution in [0.3, 0.4) is 0 Å². The highest BCUT2D eigenvalue weighted by molar-refractivity contribution is 5.46. The van der Waals surface area contributed by atoms with Gasteiger partial charge in [-0.15, -0.1) is 0 Å². The molecule has 0 aromatic heterocycles. The van der Waals surface area contributed by atoms with E-state index in [0.29, 0.717) is 0 Å². The first-order valence-electron chi connectivity index (χ1n) is 4.48. The molecule has 1 rings (SSSR count). The van der Waals surface area contributed by atoms with Gasteiger partial charge in [0.1, 0.15) is 0 Å². The molecule has 0 radical (unpaired) electrons. The molecule has 0 saturated heterocycles. The average molecular weight is 178 g/mol. The third kappa shape index (κ3) is 2.46. The molecule has 2 heteroatoms. The van der Waals surface area contributed by atoms with Crippen LogP contribution in [-0.4, -0.2) is 14.1 Å². The van der Waals surface area contributed by atoms with E-state index in [1.807, 2.05) is 27.9 Å². The maximum absolute atomic E-state index is 5.97. The Hall–Kier alpha value is -1.02. The quantitative estimate of drug-likeness (QED) is 0.750. The van der Waals surface area contributed by atoms with Gasteiger partial charge in [0, 0.05) is 25.3 Å². The average Bonchev–Trinajstić information content (AvgIpc) is 2.03. The minimum atomic E-state index is -0.245. The van der Waals surface area contributed by atoms with Crippen molar-refractivity contribution >= 4 is 5.69 Å². The molecule has 0 amide bonds. The molecule has 0 atom stereocenters. The van der Waals surface area contributed by atoms with Crippen LogP contribution in [0.15, 0.2) is 24.3 Å². The van der Waals surface area contributed by atoms with Crippen LogP contribution in [0.2, 0.25) is 0 Å². The number of benzene rings is 1. The Morgan fingerprint density at radius 2 is 1.54 bits per heavy atom. The fraction of sp³-hybridized carbons (Fsp3) is 0.455. The number of nitrogens with two attached hydrogens (primary N) is 1. The molecule has 72 valence electrons. The van der Waals surface area contributed by atoms with Crippen LogP contribution in [-0.2, 0) is 5.54 Å². The van der Waals surface area contributed by atoms with Gasteiger partial charge in [0.15, 0.2) is 0 Å². The lowest BCUT2D eigenvalue weighted by Gasteiger charge is -2.20. The third-order valence-corrected chi connectivity index (χ3v) is 2.13. The lowest BCUT2D eigenvalue weighted by Crippen LogP contribution is -2.28. The first-order valence-corrected chi connectivity index (χ1v) is 4.48. The normalized spacial score (nSPS) is 11.5. The topological polar surface area (TPSA) is 29.3 Å². The molecular weight excluding hydrogens is 160 g/mol. The lowest BCUT2D eigenvalue weighted by atomic mass is 9.95. The SMILES string of the molecule is CN(C)c1ccc(C(C)(C)N)cc1. The molecule has 0 bridgehead atoms. The van der Waals surface area contributed by atoms with Crippen LogP contribution < -0.4 is 10.6 Å². The first-order chi connectivity index (χ1) is 5.91. The van der Waals surface area contributed by atoms with Gasteiger partial charge < -0.3 is 10.6 Å². The van der Waals surface area contributed by atoms with Crippen molar-refractivity contribution < 1.29 is 0 Å². The predicted molar refractivity (Wildman–Crippen MR) is 58.0 cm³/mol. The van der Waals surface area contributed by atoms with E-state index in [9.17, 15) is 0 Å². The van der Waals surface area contributed by atoms with E-state index >= 15 is 0 Å². The molecule has 0 aliphatic heterocycles. The van der Waals surface area contributed by atoms with Gasteiger partial charge in [-0.25, -0.2) is 0 Å². The minimum Gasteiger partial charge on any atom is -0.378 e. The van der Waals surface area contributed by atoms with Crippen LogP contribution >= 0.6 is 0 Å². The smallest absolute Gasteiger partial charge is 0.0361 e. The number of nitrogens with zero attached hydrogens (tertiary/aromatic N) is 1. The third-order valence-electron chi connectivity index (χ3n) is 2.13. The standard InChI is InChI=1S/C11H18N2/c1-11(2,12)9-5-7-10(8-6-9)13(3)4/h5-8H,12H2,1-4H3. The zero-order valence-electron chi connectivity index (χ0n) is 8.83. The van der Waals surface area contributed by atoms with E-state index in [-0.39, 0.29) is 5.54 Å². The second-order valence-electron chi connectivity index (χ2n) is 4.16. The second kappa shape index (κ2) is 3.38. The maximum atomic E-state index is 5.97. The van der Waals surface area contributed by atoms with Gasteiger partial charge in [-0.1, -0.05) is 12.1 Å². The van der Waals surface area contributed by atoms with Gasteiger partial charge in [-0.05, 0) is 31.5 Å². The van der Waals surface area contributed by atoms with Gasteiger partial charge in [0.2, 0.25) is 0 Å². The Morgan fingerprint density at radius 1 is 1.08 bits per heavy atom. The summed E-state index contributed by atoms with van der Waals surface area (Å²) in [6, 6.07) is 8.33. The highest BCUT2D eigenvalue weighted by Gasteiger charge is 2.13. The molecule has 0 saturated carbocycles. The van der Waals surface area contributed by atoms with Crippen molar-refractivity contribution in [2.24, 2.45) is 5.73 Å². The Labute approximate surface area is 80.4 Å². The maximum Gasteiger partial charge on any atom is 0.0361 e. The summed E-state index contributed by atoms with van der Waals surface area (Å²) >= 11 is 0. The fourth-order valence-corrected chi connectivity index (χ4v) is 1.19. The van der Waals surface area contributed by atoms with Crippen LogP contribution in [0.4, 0.5) is 5.69 Å². The van der Waals surface area contributed by atoms with Gasteiger partial charge >= 0.3 is 0 Å². The van der Waals surface area contributed by atoms with Crippen molar-refractivity contribution in [1.29, 1.82) is 0 Å². The summed E-state index contributed by atoms with van der Waals surface area (Å²) in [6.45, 7) is 4.02. The summed E-state index contributed by atoms with van der Waals surface area (Å²) in [7, 11) is 4.06. The largest absolute Gasteiger partial charge is 0.378 e. The van der Waals surface area contributed by atoms with Crippen molar-refractivity contribution in [2.75, 3.05) is 19.0 Å². The van der Waals surface area contributed by atoms with Crippen molar-refractivity contribution in [2.45, 2.75) is 19.4 Å². The predicted octanol–water partition coefficient (Wildman–Crippen LogP) is 1.95. The summed E-state index contributed by atoms with van der Waals surface area (Å²) in [5.41, 5.74) is 8.09. The summed E-state index contributed by atoms with van der Waals surface area (Å²) < 4.78 is 0. The molecule has 2 N–H and O–H groups in total. The molecule has 13 heavy (non-hydrogen) atoms. The Balaban J connectivity index is 2.94. The number of hydrogen-bond donors (Lipinski definition) is 1. The van der Waals surface area contributed by atoms with Gasteiger partial charge in [-0.3, -0.25) is 0 Å². The zero-order valence-corrected chi connectivity index (χ0v) is 8.83. The molecule has 1 aromatic carbocycles. The number of rotatable bonds is 2. The minimum absolute atomic E-state index is 0.245. The summed E-state index contributed by atoms with van der Waals surface area (Å²) in [6.07, 6.45) is 0. The van der Waals surface area contributed by atoms with E-state index in [2.05, 4.69) is 29.2 Å².